The number of urea groups is 1. The molecule has 122 valence electrons. The maximum atomic E-state index is 14.4. The standard InChI is InChI=1S/C14H17BFN3O3S/c1-14(2)6-21-15(22-7-14)8-4-10-11(5-9(8)16)23-13(18-10)19-12(20)17-3/h4-5H,6-7H2,1-3H3,(H2,17,18,19,20). The van der Waals surface area contributed by atoms with Crippen molar-refractivity contribution < 1.29 is 18.5 Å². The van der Waals surface area contributed by atoms with Crippen LogP contribution in [0.3, 0.4) is 0 Å². The fourth-order valence-electron chi connectivity index (χ4n) is 2.23. The van der Waals surface area contributed by atoms with Crippen molar-refractivity contribution in [1.82, 2.24) is 10.3 Å². The molecule has 0 atom stereocenters. The zero-order chi connectivity index (χ0) is 16.6. The number of fused-ring (bicyclic) bond motifs is 1. The molecule has 1 aromatic carbocycles. The van der Waals surface area contributed by atoms with Crippen molar-refractivity contribution in [2.75, 3.05) is 25.6 Å². The lowest BCUT2D eigenvalue weighted by atomic mass is 9.75. The Labute approximate surface area is 137 Å². The van der Waals surface area contributed by atoms with Gasteiger partial charge in [0.25, 0.3) is 0 Å². The van der Waals surface area contributed by atoms with Gasteiger partial charge in [-0.15, -0.1) is 0 Å². The maximum Gasteiger partial charge on any atom is 0.496 e. The lowest BCUT2D eigenvalue weighted by Gasteiger charge is -2.33. The predicted octanol–water partition coefficient (Wildman–Crippen LogP) is 1.95. The fraction of sp³-hybridized carbons (Fsp3) is 0.429. The number of thiazole rings is 1. The summed E-state index contributed by atoms with van der Waals surface area (Å²) < 4.78 is 26.3. The predicted molar refractivity (Wildman–Crippen MR) is 88.7 cm³/mol. The van der Waals surface area contributed by atoms with Gasteiger partial charge in [0.2, 0.25) is 0 Å². The Hall–Kier alpha value is -1.71. The van der Waals surface area contributed by atoms with E-state index in [-0.39, 0.29) is 11.4 Å². The number of carbonyl (C=O) groups is 1. The third-order valence-corrected chi connectivity index (χ3v) is 4.39. The van der Waals surface area contributed by atoms with Crippen molar-refractivity contribution in [3.05, 3.63) is 17.9 Å². The summed E-state index contributed by atoms with van der Waals surface area (Å²) in [5, 5.41) is 5.43. The summed E-state index contributed by atoms with van der Waals surface area (Å²) in [5.41, 5.74) is 0.835. The van der Waals surface area contributed by atoms with E-state index < -0.39 is 12.9 Å². The summed E-state index contributed by atoms with van der Waals surface area (Å²) >= 11 is 1.21. The Morgan fingerprint density at radius 3 is 2.74 bits per heavy atom. The van der Waals surface area contributed by atoms with Crippen molar-refractivity contribution in [1.29, 1.82) is 0 Å². The zero-order valence-electron chi connectivity index (χ0n) is 13.1. The van der Waals surface area contributed by atoms with Gasteiger partial charge in [-0.25, -0.2) is 14.2 Å². The molecule has 0 aliphatic carbocycles. The van der Waals surface area contributed by atoms with E-state index in [4.69, 9.17) is 9.31 Å². The summed E-state index contributed by atoms with van der Waals surface area (Å²) in [6.45, 7) is 5.05. The minimum Gasteiger partial charge on any atom is -0.407 e. The van der Waals surface area contributed by atoms with E-state index in [9.17, 15) is 9.18 Å². The number of hydrogen-bond acceptors (Lipinski definition) is 5. The molecule has 0 saturated carbocycles. The van der Waals surface area contributed by atoms with Crippen molar-refractivity contribution in [3.8, 4) is 0 Å². The summed E-state index contributed by atoms with van der Waals surface area (Å²) in [7, 11) is 0.782. The van der Waals surface area contributed by atoms with Crippen LogP contribution < -0.4 is 16.1 Å². The number of rotatable bonds is 2. The largest absolute Gasteiger partial charge is 0.496 e. The molecule has 2 N–H and O–H groups in total. The van der Waals surface area contributed by atoms with E-state index in [1.807, 2.05) is 13.8 Å². The van der Waals surface area contributed by atoms with Gasteiger partial charge in [-0.3, -0.25) is 5.32 Å². The number of amides is 2. The second-order valence-electron chi connectivity index (χ2n) is 6.18. The van der Waals surface area contributed by atoms with Gasteiger partial charge in [-0.1, -0.05) is 25.2 Å². The molecule has 0 unspecified atom stereocenters. The van der Waals surface area contributed by atoms with Gasteiger partial charge in [-0.05, 0) is 12.1 Å². The quantitative estimate of drug-likeness (QED) is 0.822. The summed E-state index contributed by atoms with van der Waals surface area (Å²) in [5.74, 6) is -0.405. The number of anilines is 1. The van der Waals surface area contributed by atoms with Crippen LogP contribution in [0.25, 0.3) is 10.2 Å². The van der Waals surface area contributed by atoms with E-state index in [1.165, 1.54) is 24.5 Å². The SMILES string of the molecule is CNC(=O)Nc1nc2cc(B3OCC(C)(C)CO3)c(F)cc2s1. The van der Waals surface area contributed by atoms with Crippen LogP contribution in [0.5, 0.6) is 0 Å². The lowest BCUT2D eigenvalue weighted by molar-refractivity contribution is 0.0340. The summed E-state index contributed by atoms with van der Waals surface area (Å²) in [6, 6.07) is 2.63. The molecule has 1 aliphatic heterocycles. The number of hydrogen-bond donors (Lipinski definition) is 2. The third-order valence-electron chi connectivity index (χ3n) is 3.46. The molecule has 6 nitrogen and oxygen atoms in total. The minimum absolute atomic E-state index is 0.0810. The molecule has 1 saturated heterocycles. The first-order valence-electron chi connectivity index (χ1n) is 7.20. The molecule has 2 amide bonds. The lowest BCUT2D eigenvalue weighted by Crippen LogP contribution is -2.48. The van der Waals surface area contributed by atoms with Crippen molar-refractivity contribution >= 4 is 45.3 Å². The van der Waals surface area contributed by atoms with Crippen LogP contribution in [0.1, 0.15) is 13.8 Å². The molecular weight excluding hydrogens is 320 g/mol. The molecule has 1 fully saturated rings. The van der Waals surface area contributed by atoms with Crippen LogP contribution in [0.2, 0.25) is 0 Å². The smallest absolute Gasteiger partial charge is 0.407 e. The van der Waals surface area contributed by atoms with Gasteiger partial charge < -0.3 is 14.6 Å². The van der Waals surface area contributed by atoms with Gasteiger partial charge in [-0.2, -0.15) is 0 Å². The highest BCUT2D eigenvalue weighted by Crippen LogP contribution is 2.27. The van der Waals surface area contributed by atoms with Crippen LogP contribution in [0, 0.1) is 11.2 Å². The van der Waals surface area contributed by atoms with Gasteiger partial charge in [0.15, 0.2) is 5.13 Å². The highest BCUT2D eigenvalue weighted by molar-refractivity contribution is 7.22. The second-order valence-corrected chi connectivity index (χ2v) is 7.21. The highest BCUT2D eigenvalue weighted by atomic mass is 32.1. The number of halogens is 1. The van der Waals surface area contributed by atoms with Gasteiger partial charge >= 0.3 is 13.1 Å². The molecule has 9 heteroatoms. The van der Waals surface area contributed by atoms with Crippen molar-refractivity contribution in [2.45, 2.75) is 13.8 Å². The molecule has 2 aromatic rings. The number of nitrogens with zero attached hydrogens (tertiary/aromatic N) is 1. The third kappa shape index (κ3) is 3.46. The fourth-order valence-corrected chi connectivity index (χ4v) is 3.10. The molecule has 23 heavy (non-hydrogen) atoms. The minimum atomic E-state index is -0.732. The van der Waals surface area contributed by atoms with E-state index in [1.54, 1.807) is 6.07 Å². The average Bonchev–Trinajstić information content (AvgIpc) is 2.87. The monoisotopic (exact) mass is 337 g/mol. The van der Waals surface area contributed by atoms with E-state index in [2.05, 4.69) is 15.6 Å². The maximum absolute atomic E-state index is 14.4. The number of carbonyl (C=O) groups excluding carboxylic acids is 1. The van der Waals surface area contributed by atoms with Crippen LogP contribution >= 0.6 is 11.3 Å². The molecular formula is C14H17BFN3O3S. The summed E-state index contributed by atoms with van der Waals surface area (Å²) in [4.78, 5) is 15.6. The molecule has 1 aromatic heterocycles. The van der Waals surface area contributed by atoms with Crippen LogP contribution in [0.15, 0.2) is 12.1 Å². The first-order valence-corrected chi connectivity index (χ1v) is 8.01. The highest BCUT2D eigenvalue weighted by Gasteiger charge is 2.35. The molecule has 0 bridgehead atoms. The Bertz CT molecular complexity index is 742. The molecule has 2 heterocycles. The molecule has 3 rings (SSSR count). The first-order chi connectivity index (χ1) is 10.9. The van der Waals surface area contributed by atoms with Gasteiger partial charge in [0.1, 0.15) is 5.82 Å². The normalized spacial score (nSPS) is 17.3. The van der Waals surface area contributed by atoms with E-state index >= 15 is 0 Å². The Balaban J connectivity index is 1.87. The van der Waals surface area contributed by atoms with Gasteiger partial charge in [0, 0.05) is 31.1 Å². The number of benzene rings is 1. The summed E-state index contributed by atoms with van der Waals surface area (Å²) in [6.07, 6.45) is 0. The van der Waals surface area contributed by atoms with E-state index in [0.717, 1.165) is 0 Å². The topological polar surface area (TPSA) is 72.5 Å². The van der Waals surface area contributed by atoms with Crippen LogP contribution in [-0.4, -0.2) is 38.4 Å². The molecule has 1 aliphatic rings. The second kappa shape index (κ2) is 6.07. The van der Waals surface area contributed by atoms with Crippen LogP contribution in [0.4, 0.5) is 14.3 Å². The average molecular weight is 337 g/mol. The van der Waals surface area contributed by atoms with Gasteiger partial charge in [0.05, 0.1) is 10.2 Å². The number of aromatic nitrogens is 1. The Morgan fingerprint density at radius 1 is 1.39 bits per heavy atom. The zero-order valence-corrected chi connectivity index (χ0v) is 13.9. The first kappa shape index (κ1) is 16.2. The molecule has 0 radical (unpaired) electrons. The Morgan fingerprint density at radius 2 is 2.09 bits per heavy atom. The van der Waals surface area contributed by atoms with Crippen molar-refractivity contribution in [2.24, 2.45) is 5.41 Å². The van der Waals surface area contributed by atoms with Crippen molar-refractivity contribution in [3.63, 3.8) is 0 Å². The Kier molecular flexibility index (Phi) is 4.26. The van der Waals surface area contributed by atoms with Crippen LogP contribution in [-0.2, 0) is 9.31 Å². The van der Waals surface area contributed by atoms with E-state index in [0.29, 0.717) is 34.0 Å². The molecule has 0 spiro atoms. The number of nitrogens with one attached hydrogen (secondary N) is 2.